The molecule has 1 unspecified atom stereocenters. The molecule has 2 heterocycles. The van der Waals surface area contributed by atoms with E-state index >= 15 is 0 Å². The Morgan fingerprint density at radius 3 is 2.93 bits per heavy atom. The summed E-state index contributed by atoms with van der Waals surface area (Å²) in [6.45, 7) is 4.13. The van der Waals surface area contributed by atoms with Gasteiger partial charge in [0.05, 0.1) is 16.8 Å². The molecule has 6 nitrogen and oxygen atoms in total. The highest BCUT2D eigenvalue weighted by atomic mass is 32.2. The van der Waals surface area contributed by atoms with Crippen molar-refractivity contribution in [3.05, 3.63) is 53.6 Å². The molecule has 27 heavy (non-hydrogen) atoms. The Labute approximate surface area is 162 Å². The minimum atomic E-state index is 0.0856. The van der Waals surface area contributed by atoms with Gasteiger partial charge in [-0.3, -0.25) is 4.79 Å². The number of carbonyl (C=O) groups is 1. The van der Waals surface area contributed by atoms with Crippen LogP contribution in [0.2, 0.25) is 0 Å². The molecule has 1 atom stereocenters. The summed E-state index contributed by atoms with van der Waals surface area (Å²) in [7, 11) is 0. The molecule has 1 amide bonds. The number of hydrogen-bond donors (Lipinski definition) is 3. The zero-order valence-corrected chi connectivity index (χ0v) is 15.9. The Morgan fingerprint density at radius 1 is 1.30 bits per heavy atom. The van der Waals surface area contributed by atoms with Gasteiger partial charge < -0.3 is 20.3 Å². The topological polar surface area (TPSA) is 81.2 Å². The molecule has 0 bridgehead atoms. The van der Waals surface area contributed by atoms with Gasteiger partial charge >= 0.3 is 0 Å². The molecule has 3 N–H and O–H groups in total. The number of fused-ring (bicyclic) bond motifs is 1. The molecule has 0 radical (unpaired) electrons. The second-order valence-corrected chi connectivity index (χ2v) is 7.75. The molecule has 7 heteroatoms. The maximum absolute atomic E-state index is 12.7. The smallest absolute Gasteiger partial charge is 0.233 e. The third kappa shape index (κ3) is 4.09. The van der Waals surface area contributed by atoms with Gasteiger partial charge in [0, 0.05) is 25.7 Å². The number of imidazole rings is 1. The van der Waals surface area contributed by atoms with Crippen molar-refractivity contribution in [1.82, 2.24) is 20.2 Å². The maximum Gasteiger partial charge on any atom is 0.233 e. The van der Waals surface area contributed by atoms with Gasteiger partial charge in [-0.25, -0.2) is 4.98 Å². The molecule has 4 rings (SSSR count). The van der Waals surface area contributed by atoms with E-state index in [1.165, 1.54) is 17.3 Å². The van der Waals surface area contributed by atoms with Gasteiger partial charge in [0.2, 0.25) is 5.91 Å². The van der Waals surface area contributed by atoms with Gasteiger partial charge in [-0.05, 0) is 42.3 Å². The van der Waals surface area contributed by atoms with Gasteiger partial charge in [0.1, 0.15) is 5.75 Å². The first-order chi connectivity index (χ1) is 13.1. The highest BCUT2D eigenvalue weighted by Crippen LogP contribution is 2.23. The number of aromatic nitrogens is 2. The van der Waals surface area contributed by atoms with Crippen molar-refractivity contribution in [2.45, 2.75) is 18.1 Å². The second kappa shape index (κ2) is 7.62. The molecule has 1 aliphatic heterocycles. The van der Waals surface area contributed by atoms with Crippen molar-refractivity contribution in [1.29, 1.82) is 0 Å². The van der Waals surface area contributed by atoms with Gasteiger partial charge in [-0.1, -0.05) is 30.0 Å². The van der Waals surface area contributed by atoms with E-state index in [1.807, 2.05) is 36.1 Å². The molecule has 3 aromatic rings. The lowest BCUT2D eigenvalue weighted by molar-refractivity contribution is -0.129. The molecule has 2 aromatic carbocycles. The Kier molecular flexibility index (Phi) is 5.05. The SMILES string of the molecule is Cc1ccc2nc(SCC(=O)N3CCNC(c4ccc(O)cc4)C3)[nH]c2c1. The molecule has 140 valence electrons. The van der Waals surface area contributed by atoms with Gasteiger partial charge in [0.25, 0.3) is 0 Å². The Morgan fingerprint density at radius 2 is 2.11 bits per heavy atom. The van der Waals surface area contributed by atoms with E-state index in [4.69, 9.17) is 0 Å². The summed E-state index contributed by atoms with van der Waals surface area (Å²) in [6.07, 6.45) is 0. The number of amides is 1. The number of benzene rings is 2. The average molecular weight is 382 g/mol. The zero-order valence-electron chi connectivity index (χ0n) is 15.1. The number of aryl methyl sites for hydroxylation is 1. The molecule has 0 aliphatic carbocycles. The Balaban J connectivity index is 1.37. The van der Waals surface area contributed by atoms with Gasteiger partial charge in [-0.2, -0.15) is 0 Å². The molecule has 1 fully saturated rings. The van der Waals surface area contributed by atoms with Crippen molar-refractivity contribution in [3.8, 4) is 5.75 Å². The number of phenolic OH excluding ortho intramolecular Hbond substituents is 1. The first-order valence-corrected chi connectivity index (χ1v) is 9.96. The van der Waals surface area contributed by atoms with Crippen molar-refractivity contribution in [2.75, 3.05) is 25.4 Å². The van der Waals surface area contributed by atoms with Crippen molar-refractivity contribution in [2.24, 2.45) is 0 Å². The second-order valence-electron chi connectivity index (χ2n) is 6.79. The number of hydrogen-bond acceptors (Lipinski definition) is 5. The number of nitrogens with zero attached hydrogens (tertiary/aromatic N) is 2. The summed E-state index contributed by atoms with van der Waals surface area (Å²) in [5.74, 6) is 0.725. The fourth-order valence-corrected chi connectivity index (χ4v) is 4.08. The minimum absolute atomic E-state index is 0.0856. The third-order valence-corrected chi connectivity index (χ3v) is 5.63. The van der Waals surface area contributed by atoms with E-state index in [0.717, 1.165) is 28.3 Å². The fraction of sp³-hybridized carbons (Fsp3) is 0.300. The van der Waals surface area contributed by atoms with E-state index in [2.05, 4.69) is 21.4 Å². The average Bonchev–Trinajstić information content (AvgIpc) is 3.09. The van der Waals surface area contributed by atoms with Crippen molar-refractivity contribution >= 4 is 28.7 Å². The quantitative estimate of drug-likeness (QED) is 0.605. The lowest BCUT2D eigenvalue weighted by Gasteiger charge is -2.34. The number of aromatic hydroxyl groups is 1. The molecule has 1 aliphatic rings. The molecular formula is C20H22N4O2S. The first-order valence-electron chi connectivity index (χ1n) is 8.98. The standard InChI is InChI=1S/C20H22N4O2S/c1-13-2-7-16-17(10-13)23-20(22-16)27-12-19(26)24-9-8-21-18(11-24)14-3-5-15(25)6-4-14/h2-7,10,18,21,25H,8-9,11-12H2,1H3,(H,22,23). The highest BCUT2D eigenvalue weighted by molar-refractivity contribution is 7.99. The first kappa shape index (κ1) is 17.9. The van der Waals surface area contributed by atoms with E-state index in [1.54, 1.807) is 12.1 Å². The minimum Gasteiger partial charge on any atom is -0.508 e. The van der Waals surface area contributed by atoms with E-state index in [0.29, 0.717) is 18.8 Å². The largest absolute Gasteiger partial charge is 0.508 e. The predicted octanol–water partition coefficient (Wildman–Crippen LogP) is 2.84. The summed E-state index contributed by atoms with van der Waals surface area (Å²) >= 11 is 1.44. The van der Waals surface area contributed by atoms with Crippen LogP contribution in [0.3, 0.4) is 0 Å². The van der Waals surface area contributed by atoms with Crippen molar-refractivity contribution in [3.63, 3.8) is 0 Å². The van der Waals surface area contributed by atoms with Crippen LogP contribution in [-0.4, -0.2) is 51.3 Å². The van der Waals surface area contributed by atoms with E-state index in [-0.39, 0.29) is 17.7 Å². The van der Waals surface area contributed by atoms with E-state index < -0.39 is 0 Å². The molecular weight excluding hydrogens is 360 g/mol. The van der Waals surface area contributed by atoms with Crippen LogP contribution in [0.5, 0.6) is 5.75 Å². The molecule has 0 saturated carbocycles. The summed E-state index contributed by atoms with van der Waals surface area (Å²) in [4.78, 5) is 22.4. The van der Waals surface area contributed by atoms with Crippen LogP contribution in [0.4, 0.5) is 0 Å². The molecule has 1 aromatic heterocycles. The van der Waals surface area contributed by atoms with Crippen LogP contribution in [-0.2, 0) is 4.79 Å². The van der Waals surface area contributed by atoms with Gasteiger partial charge in [0.15, 0.2) is 5.16 Å². The number of carbonyl (C=O) groups excluding carboxylic acids is 1. The lowest BCUT2D eigenvalue weighted by atomic mass is 10.0. The maximum atomic E-state index is 12.7. The number of phenols is 1. The summed E-state index contributed by atoms with van der Waals surface area (Å²) in [5, 5.41) is 13.7. The van der Waals surface area contributed by atoms with Crippen LogP contribution in [0.25, 0.3) is 11.0 Å². The predicted molar refractivity (Wildman–Crippen MR) is 107 cm³/mol. The van der Waals surface area contributed by atoms with Crippen LogP contribution in [0, 0.1) is 6.92 Å². The number of piperazine rings is 1. The number of nitrogens with one attached hydrogen (secondary N) is 2. The van der Waals surface area contributed by atoms with Crippen LogP contribution in [0.1, 0.15) is 17.2 Å². The number of H-pyrrole nitrogens is 1. The van der Waals surface area contributed by atoms with Crippen molar-refractivity contribution < 1.29 is 9.90 Å². The molecule has 0 spiro atoms. The van der Waals surface area contributed by atoms with Crippen LogP contribution >= 0.6 is 11.8 Å². The number of aromatic amines is 1. The van der Waals surface area contributed by atoms with E-state index in [9.17, 15) is 9.90 Å². The number of thioether (sulfide) groups is 1. The third-order valence-electron chi connectivity index (χ3n) is 4.77. The van der Waals surface area contributed by atoms with Gasteiger partial charge in [-0.15, -0.1) is 0 Å². The molecule has 1 saturated heterocycles. The lowest BCUT2D eigenvalue weighted by Crippen LogP contribution is -2.48. The normalized spacial score (nSPS) is 17.4. The Hall–Kier alpha value is -2.51. The highest BCUT2D eigenvalue weighted by Gasteiger charge is 2.24. The van der Waals surface area contributed by atoms with Crippen LogP contribution in [0.15, 0.2) is 47.6 Å². The summed E-state index contributed by atoms with van der Waals surface area (Å²) in [6, 6.07) is 13.3. The summed E-state index contributed by atoms with van der Waals surface area (Å²) < 4.78 is 0. The zero-order chi connectivity index (χ0) is 18.8. The van der Waals surface area contributed by atoms with Crippen LogP contribution < -0.4 is 5.32 Å². The fourth-order valence-electron chi connectivity index (χ4n) is 3.30. The number of rotatable bonds is 4. The monoisotopic (exact) mass is 382 g/mol. The summed E-state index contributed by atoms with van der Waals surface area (Å²) in [5.41, 5.74) is 4.18. The Bertz CT molecular complexity index is 954.